The van der Waals surface area contributed by atoms with Gasteiger partial charge in [-0.05, 0) is 6.42 Å². The number of nitro groups is 1. The van der Waals surface area contributed by atoms with E-state index >= 15 is 0 Å². The highest BCUT2D eigenvalue weighted by Gasteiger charge is 2.29. The van der Waals surface area contributed by atoms with Crippen molar-refractivity contribution in [1.82, 2.24) is 14.5 Å². The predicted molar refractivity (Wildman–Crippen MR) is 63.8 cm³/mol. The molecule has 0 aromatic carbocycles. The Labute approximate surface area is 106 Å². The van der Waals surface area contributed by atoms with E-state index in [1.165, 1.54) is 12.3 Å². The van der Waals surface area contributed by atoms with Gasteiger partial charge in [0.05, 0.1) is 11.3 Å². The minimum Gasteiger partial charge on any atom is -0.481 e. The minimum absolute atomic E-state index is 0.0193. The molecule has 8 heteroatoms. The number of carboxylic acid groups (broad SMARTS) is 1. The topological polar surface area (TPSA) is 111 Å². The maximum Gasteiger partial charge on any atom is 0.304 e. The molecule has 1 aliphatic rings. The number of hydrogen-bond acceptors (Lipinski definition) is 5. The Morgan fingerprint density at radius 3 is 3.11 bits per heavy atom. The molecule has 98 valence electrons. The summed E-state index contributed by atoms with van der Waals surface area (Å²) < 4.78 is 1.84. The zero-order valence-corrected chi connectivity index (χ0v) is 9.81. The highest BCUT2D eigenvalue weighted by Crippen LogP contribution is 2.33. The van der Waals surface area contributed by atoms with Crippen LogP contribution in [0, 0.1) is 10.1 Å². The molecule has 19 heavy (non-hydrogen) atoms. The van der Waals surface area contributed by atoms with E-state index < -0.39 is 10.9 Å². The van der Waals surface area contributed by atoms with Crippen LogP contribution in [0.5, 0.6) is 0 Å². The monoisotopic (exact) mass is 262 g/mol. The summed E-state index contributed by atoms with van der Waals surface area (Å²) in [6, 6.07) is 1.37. The van der Waals surface area contributed by atoms with Gasteiger partial charge in [0.25, 0.3) is 5.69 Å². The maximum absolute atomic E-state index is 10.8. The van der Waals surface area contributed by atoms with Crippen LogP contribution in [0.2, 0.25) is 0 Å². The number of imidazole rings is 1. The van der Waals surface area contributed by atoms with Gasteiger partial charge in [0.1, 0.15) is 17.5 Å². The van der Waals surface area contributed by atoms with Crippen molar-refractivity contribution in [3.8, 4) is 0 Å². The molecule has 0 fully saturated rings. The van der Waals surface area contributed by atoms with Crippen molar-refractivity contribution in [2.45, 2.75) is 25.3 Å². The van der Waals surface area contributed by atoms with E-state index in [1.54, 1.807) is 0 Å². The molecule has 0 bridgehead atoms. The van der Waals surface area contributed by atoms with Crippen LogP contribution < -0.4 is 0 Å². The van der Waals surface area contributed by atoms with Gasteiger partial charge in [-0.15, -0.1) is 0 Å². The van der Waals surface area contributed by atoms with E-state index in [4.69, 9.17) is 5.11 Å². The molecule has 0 aliphatic carbocycles. The highest BCUT2D eigenvalue weighted by molar-refractivity contribution is 5.75. The normalized spacial score (nSPS) is 17.6. The largest absolute Gasteiger partial charge is 0.481 e. The third kappa shape index (κ3) is 1.81. The first kappa shape index (κ1) is 11.6. The summed E-state index contributed by atoms with van der Waals surface area (Å²) in [5, 5.41) is 19.5. The Kier molecular flexibility index (Phi) is 2.44. The summed E-state index contributed by atoms with van der Waals surface area (Å²) in [4.78, 5) is 29.3. The summed E-state index contributed by atoms with van der Waals surface area (Å²) in [5.74, 6) is -0.361. The van der Waals surface area contributed by atoms with Crippen LogP contribution in [-0.2, 0) is 11.3 Å². The fraction of sp³-hybridized carbons (Fsp3) is 0.364. The summed E-state index contributed by atoms with van der Waals surface area (Å²) >= 11 is 0. The lowest BCUT2D eigenvalue weighted by Gasteiger charge is -2.02. The molecule has 0 saturated heterocycles. The molecule has 3 rings (SSSR count). The Morgan fingerprint density at radius 1 is 1.63 bits per heavy atom. The fourth-order valence-corrected chi connectivity index (χ4v) is 2.47. The lowest BCUT2D eigenvalue weighted by Crippen LogP contribution is -2.04. The number of aryl methyl sites for hydroxylation is 1. The Hall–Kier alpha value is -2.51. The molecule has 2 aromatic rings. The molecule has 2 aromatic heterocycles. The zero-order valence-electron chi connectivity index (χ0n) is 9.81. The van der Waals surface area contributed by atoms with E-state index in [2.05, 4.69) is 9.97 Å². The fourth-order valence-electron chi connectivity index (χ4n) is 2.47. The summed E-state index contributed by atoms with van der Waals surface area (Å²) in [6.45, 7) is 0.647. The zero-order chi connectivity index (χ0) is 13.6. The second-order valence-electron chi connectivity index (χ2n) is 4.50. The second-order valence-corrected chi connectivity index (χ2v) is 4.50. The first-order valence-electron chi connectivity index (χ1n) is 5.78. The molecule has 1 unspecified atom stereocenters. The number of carbonyl (C=O) groups is 1. The third-order valence-corrected chi connectivity index (χ3v) is 3.30. The molecule has 8 nitrogen and oxygen atoms in total. The first-order valence-corrected chi connectivity index (χ1v) is 5.78. The van der Waals surface area contributed by atoms with Gasteiger partial charge in [-0.25, -0.2) is 9.97 Å². The van der Waals surface area contributed by atoms with Gasteiger partial charge >= 0.3 is 5.97 Å². The van der Waals surface area contributed by atoms with Gasteiger partial charge < -0.3 is 9.67 Å². The van der Waals surface area contributed by atoms with Gasteiger partial charge in [0, 0.05) is 18.5 Å². The predicted octanol–water partition coefficient (Wildman–Crippen LogP) is 1.30. The van der Waals surface area contributed by atoms with E-state index in [9.17, 15) is 14.9 Å². The standard InChI is InChI=1S/C11H10N4O4/c16-9(17)3-6-1-2-14-10(6)13-8-4-7(15(18)19)5-12-11(8)14/h4-6H,1-3H2,(H,16,17). The van der Waals surface area contributed by atoms with Crippen LogP contribution in [-0.4, -0.2) is 30.5 Å². The van der Waals surface area contributed by atoms with Crippen LogP contribution in [0.1, 0.15) is 24.6 Å². The van der Waals surface area contributed by atoms with Crippen LogP contribution in [0.4, 0.5) is 5.69 Å². The number of aromatic nitrogens is 3. The Balaban J connectivity index is 2.07. The average Bonchev–Trinajstić information content (AvgIpc) is 2.88. The number of rotatable bonds is 3. The van der Waals surface area contributed by atoms with E-state index in [0.29, 0.717) is 30.0 Å². The molecule has 0 spiro atoms. The summed E-state index contributed by atoms with van der Waals surface area (Å²) in [7, 11) is 0. The Bertz CT molecular complexity index is 693. The molecule has 3 heterocycles. The number of hydrogen-bond donors (Lipinski definition) is 1. The summed E-state index contributed by atoms with van der Waals surface area (Å²) in [6.07, 6.45) is 1.93. The van der Waals surface area contributed by atoms with Crippen LogP contribution in [0.15, 0.2) is 12.3 Å². The molecule has 1 aliphatic heterocycles. The SMILES string of the molecule is O=C(O)CC1CCn2c1nc1cc([N+](=O)[O-])cnc12. The van der Waals surface area contributed by atoms with E-state index in [1.807, 2.05) is 4.57 Å². The number of pyridine rings is 1. The summed E-state index contributed by atoms with van der Waals surface area (Å²) in [5.41, 5.74) is 0.909. The number of nitrogens with zero attached hydrogens (tertiary/aromatic N) is 4. The third-order valence-electron chi connectivity index (χ3n) is 3.30. The quantitative estimate of drug-likeness (QED) is 0.659. The molecular weight excluding hydrogens is 252 g/mol. The van der Waals surface area contributed by atoms with E-state index in [0.717, 1.165) is 0 Å². The van der Waals surface area contributed by atoms with Gasteiger partial charge in [-0.1, -0.05) is 0 Å². The van der Waals surface area contributed by atoms with Crippen LogP contribution >= 0.6 is 0 Å². The minimum atomic E-state index is -0.871. The van der Waals surface area contributed by atoms with Crippen molar-refractivity contribution in [1.29, 1.82) is 0 Å². The molecule has 0 saturated carbocycles. The van der Waals surface area contributed by atoms with Crippen molar-refractivity contribution in [3.63, 3.8) is 0 Å². The smallest absolute Gasteiger partial charge is 0.304 e. The van der Waals surface area contributed by atoms with Gasteiger partial charge in [-0.3, -0.25) is 14.9 Å². The van der Waals surface area contributed by atoms with Crippen molar-refractivity contribution < 1.29 is 14.8 Å². The maximum atomic E-state index is 10.8. The van der Waals surface area contributed by atoms with Crippen LogP contribution in [0.3, 0.4) is 0 Å². The average molecular weight is 262 g/mol. The molecule has 0 radical (unpaired) electrons. The van der Waals surface area contributed by atoms with Gasteiger partial charge in [0.15, 0.2) is 5.65 Å². The second kappa shape index (κ2) is 4.01. The number of fused-ring (bicyclic) bond motifs is 3. The highest BCUT2D eigenvalue weighted by atomic mass is 16.6. The number of aliphatic carboxylic acids is 1. The molecule has 1 N–H and O–H groups in total. The van der Waals surface area contributed by atoms with E-state index in [-0.39, 0.29) is 18.0 Å². The van der Waals surface area contributed by atoms with Gasteiger partial charge in [0.2, 0.25) is 0 Å². The number of carboxylic acids is 1. The van der Waals surface area contributed by atoms with Gasteiger partial charge in [-0.2, -0.15) is 0 Å². The van der Waals surface area contributed by atoms with Crippen molar-refractivity contribution in [2.75, 3.05) is 0 Å². The first-order chi connectivity index (χ1) is 9.06. The van der Waals surface area contributed by atoms with Crippen molar-refractivity contribution in [2.24, 2.45) is 0 Å². The molecular formula is C11H10N4O4. The van der Waals surface area contributed by atoms with Crippen molar-refractivity contribution in [3.05, 3.63) is 28.2 Å². The molecule has 0 amide bonds. The Morgan fingerprint density at radius 2 is 2.42 bits per heavy atom. The lowest BCUT2D eigenvalue weighted by atomic mass is 10.0. The van der Waals surface area contributed by atoms with Crippen LogP contribution in [0.25, 0.3) is 11.2 Å². The molecule has 1 atom stereocenters. The lowest BCUT2D eigenvalue weighted by molar-refractivity contribution is -0.385. The van der Waals surface area contributed by atoms with Crippen molar-refractivity contribution >= 4 is 22.8 Å².